The van der Waals surface area contributed by atoms with Gasteiger partial charge in [0, 0.05) is 6.54 Å². The lowest BCUT2D eigenvalue weighted by Crippen LogP contribution is -2.13. The molecule has 0 radical (unpaired) electrons. The average molecular weight is 205 g/mol. The Morgan fingerprint density at radius 1 is 1.27 bits per heavy atom. The van der Waals surface area contributed by atoms with Gasteiger partial charge in [0.15, 0.2) is 5.58 Å². The van der Waals surface area contributed by atoms with Crippen LogP contribution in [0, 0.1) is 0 Å². The summed E-state index contributed by atoms with van der Waals surface area (Å²) >= 11 is 0. The summed E-state index contributed by atoms with van der Waals surface area (Å²) in [4.78, 5) is 11.5. The van der Waals surface area contributed by atoms with Crippen LogP contribution in [0.2, 0.25) is 0 Å². The number of oxazole rings is 1. The summed E-state index contributed by atoms with van der Waals surface area (Å²) in [6.07, 6.45) is 3.33. The van der Waals surface area contributed by atoms with Crippen molar-refractivity contribution in [2.24, 2.45) is 0 Å². The monoisotopic (exact) mass is 205 g/mol. The number of fused-ring (bicyclic) bond motifs is 1. The summed E-state index contributed by atoms with van der Waals surface area (Å²) in [7, 11) is 0. The second kappa shape index (κ2) is 4.34. The summed E-state index contributed by atoms with van der Waals surface area (Å²) in [5.74, 6) is -0.243. The van der Waals surface area contributed by atoms with Crippen molar-refractivity contribution in [2.75, 3.05) is 0 Å². The Morgan fingerprint density at radius 2 is 2.07 bits per heavy atom. The Bertz CT molecular complexity index is 496. The van der Waals surface area contributed by atoms with Crippen molar-refractivity contribution in [1.29, 1.82) is 0 Å². The summed E-state index contributed by atoms with van der Waals surface area (Å²) in [5, 5.41) is 0. The number of para-hydroxylation sites is 2. The highest BCUT2D eigenvalue weighted by atomic mass is 16.4. The molecular formula is C12H15NO2. The third-order valence-electron chi connectivity index (χ3n) is 2.56. The Balaban J connectivity index is 2.33. The van der Waals surface area contributed by atoms with Gasteiger partial charge in [-0.1, -0.05) is 31.9 Å². The fourth-order valence-electron chi connectivity index (χ4n) is 1.75. The molecule has 0 saturated carbocycles. The van der Waals surface area contributed by atoms with Gasteiger partial charge in [0.2, 0.25) is 0 Å². The lowest BCUT2D eigenvalue weighted by atomic mass is 10.2. The zero-order chi connectivity index (χ0) is 10.7. The van der Waals surface area contributed by atoms with Crippen LogP contribution >= 0.6 is 0 Å². The molecule has 2 aromatic rings. The van der Waals surface area contributed by atoms with Gasteiger partial charge in [-0.15, -0.1) is 0 Å². The first-order chi connectivity index (χ1) is 7.33. The molecule has 0 amide bonds. The second-order valence-electron chi connectivity index (χ2n) is 3.69. The molecule has 0 bridgehead atoms. The molecule has 1 heterocycles. The van der Waals surface area contributed by atoms with Gasteiger partial charge in [0.25, 0.3) is 0 Å². The maximum absolute atomic E-state index is 11.5. The van der Waals surface area contributed by atoms with Crippen molar-refractivity contribution in [2.45, 2.75) is 32.7 Å². The van der Waals surface area contributed by atoms with Crippen LogP contribution < -0.4 is 5.76 Å². The van der Waals surface area contributed by atoms with Gasteiger partial charge in [0.1, 0.15) is 0 Å². The summed E-state index contributed by atoms with van der Waals surface area (Å²) in [6, 6.07) is 7.55. The van der Waals surface area contributed by atoms with Gasteiger partial charge in [-0.2, -0.15) is 0 Å². The van der Waals surface area contributed by atoms with Crippen molar-refractivity contribution >= 4 is 11.1 Å². The molecule has 3 nitrogen and oxygen atoms in total. The van der Waals surface area contributed by atoms with Gasteiger partial charge in [-0.25, -0.2) is 4.79 Å². The highest BCUT2D eigenvalue weighted by Gasteiger charge is 2.06. The average Bonchev–Trinajstić information content (AvgIpc) is 2.56. The van der Waals surface area contributed by atoms with E-state index in [4.69, 9.17) is 4.42 Å². The van der Waals surface area contributed by atoms with Crippen LogP contribution in [0.4, 0.5) is 0 Å². The first-order valence-electron chi connectivity index (χ1n) is 5.41. The molecule has 0 aliphatic heterocycles. The number of benzene rings is 1. The Labute approximate surface area is 88.3 Å². The molecule has 0 unspecified atom stereocenters. The number of aryl methyl sites for hydroxylation is 1. The van der Waals surface area contributed by atoms with Gasteiger partial charge < -0.3 is 4.42 Å². The minimum atomic E-state index is -0.243. The largest absolute Gasteiger partial charge is 0.419 e. The summed E-state index contributed by atoms with van der Waals surface area (Å²) in [5.41, 5.74) is 1.58. The van der Waals surface area contributed by atoms with Crippen molar-refractivity contribution in [3.05, 3.63) is 34.8 Å². The SMILES string of the molecule is CCCCCn1c(=O)oc2ccccc21. The number of unbranched alkanes of at least 4 members (excludes halogenated alkanes) is 2. The third kappa shape index (κ3) is 1.96. The van der Waals surface area contributed by atoms with Crippen LogP contribution in [0.5, 0.6) is 0 Å². The van der Waals surface area contributed by atoms with E-state index in [0.717, 1.165) is 31.3 Å². The zero-order valence-corrected chi connectivity index (χ0v) is 8.90. The van der Waals surface area contributed by atoms with Gasteiger partial charge in [-0.05, 0) is 18.6 Å². The molecule has 0 N–H and O–H groups in total. The third-order valence-corrected chi connectivity index (χ3v) is 2.56. The highest BCUT2D eigenvalue weighted by molar-refractivity contribution is 5.72. The molecule has 0 saturated heterocycles. The van der Waals surface area contributed by atoms with Crippen molar-refractivity contribution in [1.82, 2.24) is 4.57 Å². The van der Waals surface area contributed by atoms with Gasteiger partial charge in [0.05, 0.1) is 5.52 Å². The number of rotatable bonds is 4. The molecule has 3 heteroatoms. The fraction of sp³-hybridized carbons (Fsp3) is 0.417. The van der Waals surface area contributed by atoms with E-state index >= 15 is 0 Å². The smallest absolute Gasteiger partial charge is 0.408 e. The quantitative estimate of drug-likeness (QED) is 0.719. The van der Waals surface area contributed by atoms with E-state index in [1.165, 1.54) is 0 Å². The van der Waals surface area contributed by atoms with Crippen LogP contribution in [-0.4, -0.2) is 4.57 Å². The first kappa shape index (κ1) is 10.0. The Morgan fingerprint density at radius 3 is 2.87 bits per heavy atom. The van der Waals surface area contributed by atoms with E-state index in [0.29, 0.717) is 5.58 Å². The number of aromatic nitrogens is 1. The van der Waals surface area contributed by atoms with Crippen LogP contribution in [0.15, 0.2) is 33.5 Å². The van der Waals surface area contributed by atoms with Crippen LogP contribution in [0.3, 0.4) is 0 Å². The number of nitrogens with zero attached hydrogens (tertiary/aromatic N) is 1. The molecule has 80 valence electrons. The number of hydrogen-bond donors (Lipinski definition) is 0. The molecule has 0 spiro atoms. The van der Waals surface area contributed by atoms with E-state index in [9.17, 15) is 4.79 Å². The zero-order valence-electron chi connectivity index (χ0n) is 8.90. The second-order valence-corrected chi connectivity index (χ2v) is 3.69. The van der Waals surface area contributed by atoms with Crippen molar-refractivity contribution in [3.63, 3.8) is 0 Å². The topological polar surface area (TPSA) is 35.1 Å². The maximum Gasteiger partial charge on any atom is 0.419 e. The standard InChI is InChI=1S/C12H15NO2/c1-2-3-6-9-13-10-7-4-5-8-11(10)15-12(13)14/h4-5,7-8H,2-3,6,9H2,1H3. The van der Waals surface area contributed by atoms with E-state index in [1.807, 2.05) is 24.3 Å². The summed E-state index contributed by atoms with van der Waals surface area (Å²) < 4.78 is 6.85. The van der Waals surface area contributed by atoms with E-state index in [2.05, 4.69) is 6.92 Å². The predicted octanol–water partition coefficient (Wildman–Crippen LogP) is 2.78. The molecule has 0 aliphatic carbocycles. The molecule has 0 fully saturated rings. The normalized spacial score (nSPS) is 11.0. The predicted molar refractivity (Wildman–Crippen MR) is 60.0 cm³/mol. The Kier molecular flexibility index (Phi) is 2.90. The van der Waals surface area contributed by atoms with E-state index in [1.54, 1.807) is 4.57 Å². The van der Waals surface area contributed by atoms with E-state index < -0.39 is 0 Å². The first-order valence-corrected chi connectivity index (χ1v) is 5.41. The summed E-state index contributed by atoms with van der Waals surface area (Å²) in [6.45, 7) is 2.90. The van der Waals surface area contributed by atoms with Crippen LogP contribution in [-0.2, 0) is 6.54 Å². The highest BCUT2D eigenvalue weighted by Crippen LogP contribution is 2.12. The molecule has 2 rings (SSSR count). The minimum absolute atomic E-state index is 0.243. The van der Waals surface area contributed by atoms with Gasteiger partial charge >= 0.3 is 5.76 Å². The Hall–Kier alpha value is -1.51. The molecule has 1 aromatic carbocycles. The van der Waals surface area contributed by atoms with Crippen molar-refractivity contribution < 1.29 is 4.42 Å². The molecule has 1 aromatic heterocycles. The fourth-order valence-corrected chi connectivity index (χ4v) is 1.75. The molecule has 0 aliphatic rings. The molecular weight excluding hydrogens is 190 g/mol. The lowest BCUT2D eigenvalue weighted by Gasteiger charge is -2.00. The van der Waals surface area contributed by atoms with E-state index in [-0.39, 0.29) is 5.76 Å². The molecule has 0 atom stereocenters. The maximum atomic E-state index is 11.5. The van der Waals surface area contributed by atoms with Gasteiger partial charge in [-0.3, -0.25) is 4.57 Å². The van der Waals surface area contributed by atoms with Crippen LogP contribution in [0.1, 0.15) is 26.2 Å². The number of hydrogen-bond acceptors (Lipinski definition) is 2. The minimum Gasteiger partial charge on any atom is -0.408 e. The van der Waals surface area contributed by atoms with Crippen LogP contribution in [0.25, 0.3) is 11.1 Å². The molecule has 15 heavy (non-hydrogen) atoms. The van der Waals surface area contributed by atoms with Crippen molar-refractivity contribution in [3.8, 4) is 0 Å². The lowest BCUT2D eigenvalue weighted by molar-refractivity contribution is 0.491.